The highest BCUT2D eigenvalue weighted by molar-refractivity contribution is 7.92. The van der Waals surface area contributed by atoms with E-state index in [1.54, 1.807) is 24.3 Å². The molecule has 180 valence electrons. The van der Waals surface area contributed by atoms with Crippen molar-refractivity contribution < 1.29 is 17.9 Å². The van der Waals surface area contributed by atoms with E-state index in [0.29, 0.717) is 11.4 Å². The Bertz CT molecular complexity index is 1250. The van der Waals surface area contributed by atoms with Crippen LogP contribution in [0.1, 0.15) is 42.3 Å². The Morgan fingerprint density at radius 2 is 1.62 bits per heavy atom. The molecule has 0 unspecified atom stereocenters. The van der Waals surface area contributed by atoms with Crippen LogP contribution in [0.25, 0.3) is 0 Å². The smallest absolute Gasteiger partial charge is 0.263 e. The number of anilines is 1. The molecule has 1 amide bonds. The fourth-order valence-corrected chi connectivity index (χ4v) is 4.75. The molecule has 0 fully saturated rings. The van der Waals surface area contributed by atoms with E-state index in [1.807, 2.05) is 31.2 Å². The molecule has 0 radical (unpaired) electrons. The molecule has 3 aromatic rings. The maximum absolute atomic E-state index is 12.8. The molecule has 0 spiro atoms. The minimum Gasteiger partial charge on any atom is -0.492 e. The van der Waals surface area contributed by atoms with Gasteiger partial charge in [-0.05, 0) is 60.4 Å². The molecule has 0 aliphatic carbocycles. The highest BCUT2D eigenvalue weighted by Gasteiger charge is 2.20. The van der Waals surface area contributed by atoms with Gasteiger partial charge in [-0.25, -0.2) is 8.42 Å². The molecule has 0 aromatic heterocycles. The summed E-state index contributed by atoms with van der Waals surface area (Å²) in [6, 6.07) is 18.9. The Kier molecular flexibility index (Phi) is 7.89. The molecular weight excluding hydrogens is 472 g/mol. The summed E-state index contributed by atoms with van der Waals surface area (Å²) in [5, 5.41) is 2.76. The minimum atomic E-state index is -3.97. The maximum atomic E-state index is 12.8. The Morgan fingerprint density at radius 3 is 2.24 bits per heavy atom. The predicted molar refractivity (Wildman–Crippen MR) is 136 cm³/mol. The number of carbonyl (C=O) groups is 1. The lowest BCUT2D eigenvalue weighted by Crippen LogP contribution is -2.28. The molecule has 0 bridgehead atoms. The number of amides is 1. The van der Waals surface area contributed by atoms with Crippen molar-refractivity contribution in [2.45, 2.75) is 38.0 Å². The van der Waals surface area contributed by atoms with Crippen LogP contribution in [0.2, 0.25) is 5.02 Å². The zero-order valence-electron chi connectivity index (χ0n) is 19.7. The number of carbonyl (C=O) groups excluding carboxylic acids is 1. The molecule has 34 heavy (non-hydrogen) atoms. The zero-order chi connectivity index (χ0) is 24.9. The van der Waals surface area contributed by atoms with Gasteiger partial charge in [0.2, 0.25) is 0 Å². The zero-order valence-corrected chi connectivity index (χ0v) is 21.3. The summed E-state index contributed by atoms with van der Waals surface area (Å²) in [6.07, 6.45) is 0. The summed E-state index contributed by atoms with van der Waals surface area (Å²) in [5.74, 6) is 0.291. The topological polar surface area (TPSA) is 84.5 Å². The fraction of sp³-hybridized carbons (Fsp3) is 0.269. The molecule has 0 atom stereocenters. The lowest BCUT2D eigenvalue weighted by atomic mass is 9.87. The second kappa shape index (κ2) is 10.5. The van der Waals surface area contributed by atoms with Crippen molar-refractivity contribution in [3.05, 3.63) is 88.4 Å². The number of ether oxygens (including phenoxy) is 1. The fourth-order valence-electron chi connectivity index (χ4n) is 3.17. The lowest BCUT2D eigenvalue weighted by molar-refractivity contribution is 0.0946. The van der Waals surface area contributed by atoms with Crippen LogP contribution < -0.4 is 14.8 Å². The molecule has 2 N–H and O–H groups in total. The van der Waals surface area contributed by atoms with E-state index in [1.165, 1.54) is 23.8 Å². The number of halogens is 1. The van der Waals surface area contributed by atoms with Crippen molar-refractivity contribution >= 4 is 33.2 Å². The maximum Gasteiger partial charge on any atom is 0.263 e. The third-order valence-corrected chi connectivity index (χ3v) is 7.03. The second-order valence-electron chi connectivity index (χ2n) is 9.00. The van der Waals surface area contributed by atoms with E-state index in [4.69, 9.17) is 16.3 Å². The van der Waals surface area contributed by atoms with Crippen LogP contribution >= 0.6 is 11.6 Å². The number of rotatable bonds is 8. The Balaban J connectivity index is 1.60. The highest BCUT2D eigenvalue weighted by atomic mass is 35.5. The normalized spacial score (nSPS) is 11.7. The first-order valence-corrected chi connectivity index (χ1v) is 12.7. The Morgan fingerprint density at radius 1 is 0.971 bits per heavy atom. The van der Waals surface area contributed by atoms with Crippen molar-refractivity contribution in [2.75, 3.05) is 17.9 Å². The van der Waals surface area contributed by atoms with Gasteiger partial charge in [0.1, 0.15) is 17.3 Å². The van der Waals surface area contributed by atoms with Crippen molar-refractivity contribution in [1.82, 2.24) is 5.32 Å². The molecular formula is C26H29ClN2O4S. The van der Waals surface area contributed by atoms with Crippen molar-refractivity contribution in [1.29, 1.82) is 0 Å². The van der Waals surface area contributed by atoms with Crippen LogP contribution in [0.5, 0.6) is 5.75 Å². The molecule has 0 aliphatic heterocycles. The second-order valence-corrected chi connectivity index (χ2v) is 11.1. The van der Waals surface area contributed by atoms with Gasteiger partial charge in [-0.1, -0.05) is 62.2 Å². The lowest BCUT2D eigenvalue weighted by Gasteiger charge is -2.19. The van der Waals surface area contributed by atoms with Gasteiger partial charge in [-0.3, -0.25) is 9.52 Å². The van der Waals surface area contributed by atoms with Crippen LogP contribution in [0.3, 0.4) is 0 Å². The van der Waals surface area contributed by atoms with Crippen molar-refractivity contribution in [2.24, 2.45) is 0 Å². The van der Waals surface area contributed by atoms with Gasteiger partial charge in [0, 0.05) is 11.3 Å². The van der Waals surface area contributed by atoms with Gasteiger partial charge in [0.25, 0.3) is 15.9 Å². The standard InChI is InChI=1S/C26H29ClN2O4S/c1-18-5-10-21(11-6-18)29-34(31,32)24-17-19(7-14-23(24)27)25(30)28-15-16-33-22-12-8-20(9-13-22)26(2,3)4/h5-14,17,29H,15-16H2,1-4H3,(H,28,30). The Labute approximate surface area is 206 Å². The van der Waals surface area contributed by atoms with E-state index in [-0.39, 0.29) is 34.0 Å². The molecule has 0 aliphatic rings. The molecule has 0 saturated carbocycles. The van der Waals surface area contributed by atoms with E-state index in [9.17, 15) is 13.2 Å². The van der Waals surface area contributed by atoms with E-state index < -0.39 is 15.9 Å². The number of nitrogens with one attached hydrogen (secondary N) is 2. The third-order valence-electron chi connectivity index (χ3n) is 5.16. The Hall–Kier alpha value is -3.03. The largest absolute Gasteiger partial charge is 0.492 e. The van der Waals surface area contributed by atoms with Crippen LogP contribution in [0.4, 0.5) is 5.69 Å². The predicted octanol–water partition coefficient (Wildman–Crippen LogP) is 5.56. The number of hydrogen-bond acceptors (Lipinski definition) is 4. The van der Waals surface area contributed by atoms with E-state index in [2.05, 4.69) is 30.8 Å². The minimum absolute atomic E-state index is 0.0261. The monoisotopic (exact) mass is 500 g/mol. The van der Waals surface area contributed by atoms with Gasteiger partial charge >= 0.3 is 0 Å². The summed E-state index contributed by atoms with van der Waals surface area (Å²) < 4.78 is 33.9. The van der Waals surface area contributed by atoms with Crippen molar-refractivity contribution in [3.63, 3.8) is 0 Å². The highest BCUT2D eigenvalue weighted by Crippen LogP contribution is 2.26. The number of benzene rings is 3. The van der Waals surface area contributed by atoms with E-state index >= 15 is 0 Å². The molecule has 8 heteroatoms. The summed E-state index contributed by atoms with van der Waals surface area (Å²) in [6.45, 7) is 8.87. The van der Waals surface area contributed by atoms with Gasteiger partial charge in [0.15, 0.2) is 0 Å². The molecule has 0 heterocycles. The van der Waals surface area contributed by atoms with Gasteiger partial charge in [-0.15, -0.1) is 0 Å². The van der Waals surface area contributed by atoms with Gasteiger partial charge in [-0.2, -0.15) is 0 Å². The number of sulfonamides is 1. The first-order valence-electron chi connectivity index (χ1n) is 10.9. The first-order chi connectivity index (χ1) is 16.0. The van der Waals surface area contributed by atoms with Crippen LogP contribution in [-0.4, -0.2) is 27.5 Å². The van der Waals surface area contributed by atoms with E-state index in [0.717, 1.165) is 5.56 Å². The number of aryl methyl sites for hydroxylation is 1. The quantitative estimate of drug-likeness (QED) is 0.397. The average molecular weight is 501 g/mol. The summed E-state index contributed by atoms with van der Waals surface area (Å²) in [5.41, 5.74) is 2.86. The first kappa shape index (κ1) is 25.6. The molecule has 3 rings (SSSR count). The molecule has 6 nitrogen and oxygen atoms in total. The third kappa shape index (κ3) is 6.74. The van der Waals surface area contributed by atoms with Crippen LogP contribution in [0.15, 0.2) is 71.6 Å². The van der Waals surface area contributed by atoms with Gasteiger partial charge < -0.3 is 10.1 Å². The van der Waals surface area contributed by atoms with Crippen molar-refractivity contribution in [3.8, 4) is 5.75 Å². The van der Waals surface area contributed by atoms with Gasteiger partial charge in [0.05, 0.1) is 11.6 Å². The molecule has 0 saturated heterocycles. The summed E-state index contributed by atoms with van der Waals surface area (Å²) >= 11 is 6.14. The van der Waals surface area contributed by atoms with Crippen LogP contribution in [-0.2, 0) is 15.4 Å². The number of hydrogen-bond donors (Lipinski definition) is 2. The molecule has 3 aromatic carbocycles. The summed E-state index contributed by atoms with van der Waals surface area (Å²) in [4.78, 5) is 12.4. The summed E-state index contributed by atoms with van der Waals surface area (Å²) in [7, 11) is -3.97. The van der Waals surface area contributed by atoms with Crippen LogP contribution in [0, 0.1) is 6.92 Å². The average Bonchev–Trinajstić information content (AvgIpc) is 2.78. The SMILES string of the molecule is Cc1ccc(NS(=O)(=O)c2cc(C(=O)NCCOc3ccc(C(C)(C)C)cc3)ccc2Cl)cc1.